The molecule has 0 aliphatic carbocycles. The number of hydrogen-bond donors (Lipinski definition) is 1. The summed E-state index contributed by atoms with van der Waals surface area (Å²) in [5.41, 5.74) is 8.56. The molecule has 0 aliphatic heterocycles. The first-order valence-electron chi connectivity index (χ1n) is 5.23. The van der Waals surface area contributed by atoms with Crippen molar-refractivity contribution in [2.24, 2.45) is 0 Å². The van der Waals surface area contributed by atoms with E-state index in [0.717, 1.165) is 11.4 Å². The molecule has 0 saturated carbocycles. The topological polar surface area (TPSA) is 43.8 Å². The highest BCUT2D eigenvalue weighted by Gasteiger charge is 2.11. The normalized spacial score (nSPS) is 10.8. The fourth-order valence-electron chi connectivity index (χ4n) is 1.70. The van der Waals surface area contributed by atoms with Gasteiger partial charge in [0.1, 0.15) is 5.82 Å². The van der Waals surface area contributed by atoms with Gasteiger partial charge in [0.15, 0.2) is 0 Å². The van der Waals surface area contributed by atoms with Gasteiger partial charge in [-0.15, -0.1) is 0 Å². The highest BCUT2D eigenvalue weighted by Crippen LogP contribution is 2.21. The molecule has 1 aromatic heterocycles. The number of nitrogens with two attached hydrogens (primary N) is 1. The van der Waals surface area contributed by atoms with Gasteiger partial charge in [0.25, 0.3) is 0 Å². The molecule has 0 spiro atoms. The van der Waals surface area contributed by atoms with Gasteiger partial charge in [0.05, 0.1) is 28.6 Å². The number of nitrogens with zero attached hydrogens (tertiary/aromatic N) is 2. The first kappa shape index (κ1) is 11.9. The molecule has 0 saturated heterocycles. The molecule has 90 valence electrons. The van der Waals surface area contributed by atoms with E-state index in [2.05, 4.69) is 5.10 Å². The first-order valence-corrected chi connectivity index (χ1v) is 5.61. The second-order valence-electron chi connectivity index (χ2n) is 3.96. The first-order chi connectivity index (χ1) is 8.00. The van der Waals surface area contributed by atoms with Crippen molar-refractivity contribution in [3.63, 3.8) is 0 Å². The molecule has 0 radical (unpaired) electrons. The molecule has 1 aromatic carbocycles. The van der Waals surface area contributed by atoms with Crippen LogP contribution in [0.3, 0.4) is 0 Å². The third-order valence-corrected chi connectivity index (χ3v) is 3.08. The zero-order chi connectivity index (χ0) is 12.6. The van der Waals surface area contributed by atoms with E-state index in [9.17, 15) is 4.39 Å². The van der Waals surface area contributed by atoms with Gasteiger partial charge in [-0.1, -0.05) is 23.7 Å². The summed E-state index contributed by atoms with van der Waals surface area (Å²) in [4.78, 5) is 0. The molecule has 2 aromatic rings. The fourth-order valence-corrected chi connectivity index (χ4v) is 1.89. The maximum atomic E-state index is 13.7. The third-order valence-electron chi connectivity index (χ3n) is 2.79. The van der Waals surface area contributed by atoms with Crippen LogP contribution < -0.4 is 5.73 Å². The summed E-state index contributed by atoms with van der Waals surface area (Å²) in [6.07, 6.45) is 0. The summed E-state index contributed by atoms with van der Waals surface area (Å²) in [5.74, 6) is -0.403. The summed E-state index contributed by atoms with van der Waals surface area (Å²) in [5, 5.41) is 4.38. The largest absolute Gasteiger partial charge is 0.396 e. The van der Waals surface area contributed by atoms with Crippen LogP contribution in [0.5, 0.6) is 0 Å². The Bertz CT molecular complexity index is 563. The van der Waals surface area contributed by atoms with Gasteiger partial charge >= 0.3 is 0 Å². The molecule has 2 rings (SSSR count). The highest BCUT2D eigenvalue weighted by atomic mass is 35.5. The van der Waals surface area contributed by atoms with Crippen LogP contribution in [0.2, 0.25) is 5.02 Å². The smallest absolute Gasteiger partial charge is 0.146 e. The molecule has 17 heavy (non-hydrogen) atoms. The average Bonchev–Trinajstić information content (AvgIpc) is 2.53. The van der Waals surface area contributed by atoms with Crippen LogP contribution in [0.15, 0.2) is 18.2 Å². The van der Waals surface area contributed by atoms with Gasteiger partial charge in [-0.3, -0.25) is 4.68 Å². The Balaban J connectivity index is 2.38. The Labute approximate surface area is 104 Å². The van der Waals surface area contributed by atoms with E-state index in [1.54, 1.807) is 16.8 Å². The van der Waals surface area contributed by atoms with Crippen molar-refractivity contribution in [3.05, 3.63) is 46.0 Å². The Morgan fingerprint density at radius 2 is 2.12 bits per heavy atom. The minimum absolute atomic E-state index is 0.122. The van der Waals surface area contributed by atoms with E-state index in [1.807, 2.05) is 13.8 Å². The summed E-state index contributed by atoms with van der Waals surface area (Å²) in [6, 6.07) is 4.93. The molecular formula is C12H13ClFN3. The predicted molar refractivity (Wildman–Crippen MR) is 66.6 cm³/mol. The van der Waals surface area contributed by atoms with Gasteiger partial charge in [-0.25, -0.2) is 4.39 Å². The van der Waals surface area contributed by atoms with Gasteiger partial charge in [-0.05, 0) is 19.9 Å². The van der Waals surface area contributed by atoms with E-state index >= 15 is 0 Å². The van der Waals surface area contributed by atoms with E-state index in [4.69, 9.17) is 17.3 Å². The quantitative estimate of drug-likeness (QED) is 0.894. The molecule has 2 N–H and O–H groups in total. The van der Waals surface area contributed by atoms with Crippen LogP contribution in [0.4, 0.5) is 10.1 Å². The van der Waals surface area contributed by atoms with E-state index in [0.29, 0.717) is 17.8 Å². The molecule has 0 unspecified atom stereocenters. The van der Waals surface area contributed by atoms with Gasteiger partial charge in [-0.2, -0.15) is 5.10 Å². The van der Waals surface area contributed by atoms with Crippen LogP contribution in [0.25, 0.3) is 0 Å². The summed E-state index contributed by atoms with van der Waals surface area (Å²) < 4.78 is 15.4. The minimum atomic E-state index is -0.403. The van der Waals surface area contributed by atoms with Crippen molar-refractivity contribution in [2.75, 3.05) is 5.73 Å². The van der Waals surface area contributed by atoms with Crippen molar-refractivity contribution in [3.8, 4) is 0 Å². The molecule has 1 heterocycles. The van der Waals surface area contributed by atoms with Crippen LogP contribution in [0, 0.1) is 19.7 Å². The second-order valence-corrected chi connectivity index (χ2v) is 4.36. The molecule has 0 atom stereocenters. The predicted octanol–water partition coefficient (Wildman–Crippen LogP) is 2.92. The molecular weight excluding hydrogens is 241 g/mol. The van der Waals surface area contributed by atoms with Crippen LogP contribution in [-0.4, -0.2) is 9.78 Å². The number of aromatic nitrogens is 2. The van der Waals surface area contributed by atoms with Gasteiger partial charge < -0.3 is 5.73 Å². The highest BCUT2D eigenvalue weighted by molar-refractivity contribution is 6.30. The summed E-state index contributed by atoms with van der Waals surface area (Å²) >= 11 is 5.73. The zero-order valence-electron chi connectivity index (χ0n) is 9.67. The Kier molecular flexibility index (Phi) is 3.07. The lowest BCUT2D eigenvalue weighted by atomic mass is 10.2. The number of nitrogen functional groups attached to an aromatic ring is 1. The Morgan fingerprint density at radius 3 is 2.71 bits per heavy atom. The van der Waals surface area contributed by atoms with Crippen molar-refractivity contribution < 1.29 is 4.39 Å². The molecule has 0 aliphatic rings. The average molecular weight is 254 g/mol. The van der Waals surface area contributed by atoms with E-state index in [1.165, 1.54) is 6.07 Å². The summed E-state index contributed by atoms with van der Waals surface area (Å²) in [7, 11) is 0. The van der Waals surface area contributed by atoms with Crippen molar-refractivity contribution >= 4 is 17.3 Å². The number of benzene rings is 1. The van der Waals surface area contributed by atoms with Gasteiger partial charge in [0.2, 0.25) is 0 Å². The van der Waals surface area contributed by atoms with Crippen molar-refractivity contribution in [1.29, 1.82) is 0 Å². The van der Waals surface area contributed by atoms with E-state index in [-0.39, 0.29) is 5.02 Å². The monoisotopic (exact) mass is 253 g/mol. The zero-order valence-corrected chi connectivity index (χ0v) is 10.4. The molecule has 3 nitrogen and oxygen atoms in total. The lowest BCUT2D eigenvalue weighted by Crippen LogP contribution is -2.06. The second kappa shape index (κ2) is 4.37. The van der Waals surface area contributed by atoms with Crippen LogP contribution >= 0.6 is 11.6 Å². The third kappa shape index (κ3) is 2.13. The number of rotatable bonds is 2. The Hall–Kier alpha value is -1.55. The number of hydrogen-bond acceptors (Lipinski definition) is 2. The number of aryl methyl sites for hydroxylation is 1. The molecule has 5 heteroatoms. The number of anilines is 1. The maximum Gasteiger partial charge on any atom is 0.146 e. The van der Waals surface area contributed by atoms with Crippen molar-refractivity contribution in [1.82, 2.24) is 9.78 Å². The summed E-state index contributed by atoms with van der Waals surface area (Å²) in [6.45, 7) is 4.02. The molecule has 0 bridgehead atoms. The van der Waals surface area contributed by atoms with Gasteiger partial charge in [0, 0.05) is 5.56 Å². The Morgan fingerprint density at radius 1 is 1.41 bits per heavy atom. The molecule has 0 fully saturated rings. The van der Waals surface area contributed by atoms with E-state index < -0.39 is 5.82 Å². The maximum absolute atomic E-state index is 13.7. The molecule has 0 amide bonds. The minimum Gasteiger partial charge on any atom is -0.396 e. The fraction of sp³-hybridized carbons (Fsp3) is 0.250. The van der Waals surface area contributed by atoms with Crippen LogP contribution in [0.1, 0.15) is 17.0 Å². The lowest BCUT2D eigenvalue weighted by molar-refractivity contribution is 0.579. The van der Waals surface area contributed by atoms with Crippen molar-refractivity contribution in [2.45, 2.75) is 20.4 Å². The number of halogens is 2. The SMILES string of the molecule is Cc1nn(Cc2cccc(Cl)c2F)c(C)c1N. The lowest BCUT2D eigenvalue weighted by Gasteiger charge is -2.06. The standard InChI is InChI=1S/C12H13ClFN3/c1-7-12(15)8(2)17(16-7)6-9-4-3-5-10(13)11(9)14/h3-5H,6,15H2,1-2H3. The van der Waals surface area contributed by atoms with Crippen LogP contribution in [-0.2, 0) is 6.54 Å².